The number of nitrogens with one attached hydrogen (secondary N) is 2. The fourth-order valence-corrected chi connectivity index (χ4v) is 2.60. The van der Waals surface area contributed by atoms with Gasteiger partial charge in [-0.2, -0.15) is 5.10 Å². The number of carbonyl (C=O) groups excluding carboxylic acids is 1. The molecule has 1 atom stereocenters. The Bertz CT molecular complexity index is 912. The summed E-state index contributed by atoms with van der Waals surface area (Å²) >= 11 is 0. The van der Waals surface area contributed by atoms with E-state index >= 15 is 0 Å². The van der Waals surface area contributed by atoms with Crippen LogP contribution in [0.4, 0.5) is 10.1 Å². The Labute approximate surface area is 142 Å². The van der Waals surface area contributed by atoms with Gasteiger partial charge in [-0.1, -0.05) is 12.1 Å². The molecule has 0 aliphatic carbocycles. The largest absolute Gasteiger partial charge is 0.485 e. The lowest BCUT2D eigenvalue weighted by Gasteiger charge is -2.25. The van der Waals surface area contributed by atoms with Crippen LogP contribution in [0.2, 0.25) is 0 Å². The summed E-state index contributed by atoms with van der Waals surface area (Å²) in [6.07, 6.45) is 2.33. The van der Waals surface area contributed by atoms with Crippen molar-refractivity contribution in [2.45, 2.75) is 6.10 Å². The smallest absolute Gasteiger partial charge is 0.269 e. The molecule has 4 rings (SSSR count). The summed E-state index contributed by atoms with van der Waals surface area (Å²) in [5.41, 5.74) is 1.38. The van der Waals surface area contributed by atoms with Crippen LogP contribution in [-0.4, -0.2) is 28.8 Å². The van der Waals surface area contributed by atoms with E-state index in [1.807, 2.05) is 6.07 Å². The maximum absolute atomic E-state index is 14.3. The van der Waals surface area contributed by atoms with Crippen molar-refractivity contribution >= 4 is 11.6 Å². The van der Waals surface area contributed by atoms with Gasteiger partial charge in [-0.3, -0.25) is 9.89 Å². The highest BCUT2D eigenvalue weighted by Crippen LogP contribution is 2.31. The average molecular weight is 339 g/mol. The number of nitrogens with zero attached hydrogens (tertiary/aromatic N) is 1. The number of anilines is 1. The third-order valence-electron chi connectivity index (χ3n) is 3.85. The van der Waals surface area contributed by atoms with Gasteiger partial charge < -0.3 is 14.8 Å². The lowest BCUT2D eigenvalue weighted by atomic mass is 10.1. The van der Waals surface area contributed by atoms with Crippen LogP contribution in [0, 0.1) is 5.82 Å². The second-order valence-corrected chi connectivity index (χ2v) is 5.54. The van der Waals surface area contributed by atoms with Crippen molar-refractivity contribution in [1.82, 2.24) is 10.2 Å². The SMILES string of the molecule is O=C(Nc1ccc(-c2cn[nH]c2)c(F)c1)C1COc2ccccc2O1. The van der Waals surface area contributed by atoms with Crippen molar-refractivity contribution in [2.24, 2.45) is 0 Å². The molecule has 0 saturated heterocycles. The summed E-state index contributed by atoms with van der Waals surface area (Å²) in [6, 6.07) is 11.6. The molecule has 7 heteroatoms. The van der Waals surface area contributed by atoms with Crippen LogP contribution in [0.5, 0.6) is 11.5 Å². The van der Waals surface area contributed by atoms with Gasteiger partial charge in [0.25, 0.3) is 5.91 Å². The van der Waals surface area contributed by atoms with Gasteiger partial charge in [-0.15, -0.1) is 0 Å². The molecule has 0 bridgehead atoms. The molecule has 2 aromatic carbocycles. The van der Waals surface area contributed by atoms with Crippen molar-refractivity contribution in [3.05, 3.63) is 60.7 Å². The predicted octanol–water partition coefficient (Wildman–Crippen LogP) is 2.99. The van der Waals surface area contributed by atoms with Crippen LogP contribution in [0.15, 0.2) is 54.9 Å². The first-order chi connectivity index (χ1) is 12.2. The zero-order valence-corrected chi connectivity index (χ0v) is 13.0. The number of carbonyl (C=O) groups is 1. The number of rotatable bonds is 3. The fourth-order valence-electron chi connectivity index (χ4n) is 2.60. The Hall–Kier alpha value is -3.35. The number of hydrogen-bond acceptors (Lipinski definition) is 4. The molecule has 1 amide bonds. The Morgan fingerprint density at radius 1 is 1.24 bits per heavy atom. The van der Waals surface area contributed by atoms with E-state index < -0.39 is 17.8 Å². The minimum Gasteiger partial charge on any atom is -0.485 e. The zero-order chi connectivity index (χ0) is 17.2. The van der Waals surface area contributed by atoms with Crippen molar-refractivity contribution in [2.75, 3.05) is 11.9 Å². The summed E-state index contributed by atoms with van der Waals surface area (Å²) in [5, 5.41) is 9.08. The van der Waals surface area contributed by atoms with E-state index in [1.54, 1.807) is 36.5 Å². The normalized spacial score (nSPS) is 15.6. The Balaban J connectivity index is 1.47. The standard InChI is InChI=1S/C18H14FN3O3/c19-14-7-12(5-6-13(14)11-8-20-21-9-11)22-18(23)17-10-24-15-3-1-2-4-16(15)25-17/h1-9,17H,10H2,(H,20,21)(H,22,23). The average Bonchev–Trinajstić information content (AvgIpc) is 3.15. The molecular weight excluding hydrogens is 325 g/mol. The molecule has 3 aromatic rings. The lowest BCUT2D eigenvalue weighted by Crippen LogP contribution is -2.40. The fraction of sp³-hybridized carbons (Fsp3) is 0.111. The Kier molecular flexibility index (Phi) is 3.81. The zero-order valence-electron chi connectivity index (χ0n) is 13.0. The number of H-pyrrole nitrogens is 1. The van der Waals surface area contributed by atoms with Crippen molar-refractivity contribution in [3.8, 4) is 22.6 Å². The molecule has 0 saturated carbocycles. The molecule has 1 aliphatic rings. The van der Waals surface area contributed by atoms with Gasteiger partial charge in [0, 0.05) is 23.0 Å². The summed E-state index contributed by atoms with van der Waals surface area (Å²) in [4.78, 5) is 12.3. The van der Waals surface area contributed by atoms with E-state index in [-0.39, 0.29) is 6.61 Å². The van der Waals surface area contributed by atoms with E-state index in [4.69, 9.17) is 9.47 Å². The van der Waals surface area contributed by atoms with E-state index in [1.165, 1.54) is 12.3 Å². The van der Waals surface area contributed by atoms with Crippen molar-refractivity contribution in [3.63, 3.8) is 0 Å². The maximum Gasteiger partial charge on any atom is 0.269 e. The minimum absolute atomic E-state index is 0.0957. The van der Waals surface area contributed by atoms with Crippen LogP contribution in [-0.2, 0) is 4.79 Å². The monoisotopic (exact) mass is 339 g/mol. The van der Waals surface area contributed by atoms with Crippen LogP contribution < -0.4 is 14.8 Å². The van der Waals surface area contributed by atoms with Gasteiger partial charge >= 0.3 is 0 Å². The van der Waals surface area contributed by atoms with Gasteiger partial charge in [0.1, 0.15) is 12.4 Å². The second kappa shape index (κ2) is 6.27. The van der Waals surface area contributed by atoms with Crippen molar-refractivity contribution < 1.29 is 18.7 Å². The van der Waals surface area contributed by atoms with Crippen LogP contribution in [0.1, 0.15) is 0 Å². The third-order valence-corrected chi connectivity index (χ3v) is 3.85. The number of fused-ring (bicyclic) bond motifs is 1. The third kappa shape index (κ3) is 3.03. The maximum atomic E-state index is 14.3. The highest BCUT2D eigenvalue weighted by Gasteiger charge is 2.27. The highest BCUT2D eigenvalue weighted by atomic mass is 19.1. The second-order valence-electron chi connectivity index (χ2n) is 5.54. The Morgan fingerprint density at radius 2 is 2.08 bits per heavy atom. The quantitative estimate of drug-likeness (QED) is 0.769. The molecule has 0 spiro atoms. The number of aromatic nitrogens is 2. The summed E-state index contributed by atoms with van der Waals surface area (Å²) in [6.45, 7) is 0.0957. The number of hydrogen-bond donors (Lipinski definition) is 2. The molecule has 1 unspecified atom stereocenters. The number of ether oxygens (including phenoxy) is 2. The molecule has 2 heterocycles. The number of halogens is 1. The van der Waals surface area contributed by atoms with E-state index in [0.29, 0.717) is 28.3 Å². The molecule has 25 heavy (non-hydrogen) atoms. The Morgan fingerprint density at radius 3 is 2.84 bits per heavy atom. The molecule has 1 aromatic heterocycles. The molecule has 1 aliphatic heterocycles. The molecular formula is C18H14FN3O3. The summed E-state index contributed by atoms with van der Waals surface area (Å²) in [7, 11) is 0. The van der Waals surface area contributed by atoms with E-state index in [2.05, 4.69) is 15.5 Å². The first kappa shape index (κ1) is 15.2. The first-order valence-electron chi connectivity index (χ1n) is 7.69. The number of aromatic amines is 1. The van der Waals surface area contributed by atoms with Crippen molar-refractivity contribution in [1.29, 1.82) is 0 Å². The topological polar surface area (TPSA) is 76.2 Å². The van der Waals surface area contributed by atoms with Crippen LogP contribution in [0.25, 0.3) is 11.1 Å². The van der Waals surface area contributed by atoms with Gasteiger partial charge in [0.15, 0.2) is 11.5 Å². The van der Waals surface area contributed by atoms with Gasteiger partial charge in [0.2, 0.25) is 6.10 Å². The molecule has 126 valence electrons. The summed E-state index contributed by atoms with van der Waals surface area (Å²) in [5.74, 6) is 0.257. The minimum atomic E-state index is -0.800. The van der Waals surface area contributed by atoms with Gasteiger partial charge in [0.05, 0.1) is 6.20 Å². The number of amides is 1. The van der Waals surface area contributed by atoms with Crippen LogP contribution >= 0.6 is 0 Å². The molecule has 2 N–H and O–H groups in total. The number of para-hydroxylation sites is 2. The van der Waals surface area contributed by atoms with Gasteiger partial charge in [-0.25, -0.2) is 4.39 Å². The molecule has 6 nitrogen and oxygen atoms in total. The van der Waals surface area contributed by atoms with E-state index in [0.717, 1.165) is 0 Å². The number of benzene rings is 2. The predicted molar refractivity (Wildman–Crippen MR) is 89.0 cm³/mol. The molecule has 0 radical (unpaired) electrons. The van der Waals surface area contributed by atoms with E-state index in [9.17, 15) is 9.18 Å². The molecule has 0 fully saturated rings. The lowest BCUT2D eigenvalue weighted by molar-refractivity contribution is -0.125. The van der Waals surface area contributed by atoms with Gasteiger partial charge in [-0.05, 0) is 30.3 Å². The first-order valence-corrected chi connectivity index (χ1v) is 7.69. The van der Waals surface area contributed by atoms with Crippen LogP contribution in [0.3, 0.4) is 0 Å². The highest BCUT2D eigenvalue weighted by molar-refractivity contribution is 5.95. The summed E-state index contributed by atoms with van der Waals surface area (Å²) < 4.78 is 25.4.